The highest BCUT2D eigenvalue weighted by Crippen LogP contribution is 2.27. The first-order valence-electron chi connectivity index (χ1n) is 6.84. The highest BCUT2D eigenvalue weighted by Gasteiger charge is 2.25. The van der Waals surface area contributed by atoms with Crippen molar-refractivity contribution in [2.45, 2.75) is 11.8 Å². The molecule has 2 aromatic rings. The van der Waals surface area contributed by atoms with Crippen LogP contribution in [0, 0.1) is 17.0 Å². The predicted molar refractivity (Wildman–Crippen MR) is 93.6 cm³/mol. The molecule has 0 unspecified atom stereocenters. The summed E-state index contributed by atoms with van der Waals surface area (Å²) in [7, 11) is -7.65. The number of hydrogen-bond donors (Lipinski definition) is 2. The van der Waals surface area contributed by atoms with Crippen LogP contribution in [0.4, 0.5) is 17.1 Å². The van der Waals surface area contributed by atoms with Gasteiger partial charge >= 0.3 is 0 Å². The van der Waals surface area contributed by atoms with Gasteiger partial charge in [-0.3, -0.25) is 19.6 Å². The first-order chi connectivity index (χ1) is 11.5. The first kappa shape index (κ1) is 18.7. The molecule has 25 heavy (non-hydrogen) atoms. The van der Waals surface area contributed by atoms with Gasteiger partial charge in [0.1, 0.15) is 0 Å². The largest absolute Gasteiger partial charge is 0.289 e. The number of sulfonamides is 2. The Balaban J connectivity index is 2.36. The van der Waals surface area contributed by atoms with Gasteiger partial charge in [0.25, 0.3) is 15.7 Å². The van der Waals surface area contributed by atoms with Gasteiger partial charge in [-0.1, -0.05) is 12.1 Å². The minimum absolute atomic E-state index is 0.148. The van der Waals surface area contributed by atoms with Gasteiger partial charge < -0.3 is 0 Å². The zero-order chi connectivity index (χ0) is 18.8. The monoisotopic (exact) mass is 385 g/mol. The lowest BCUT2D eigenvalue weighted by atomic mass is 10.2. The minimum Gasteiger partial charge on any atom is -0.284 e. The Morgan fingerprint density at radius 2 is 1.64 bits per heavy atom. The van der Waals surface area contributed by atoms with Gasteiger partial charge in [-0.15, -0.1) is 0 Å². The quantitative estimate of drug-likeness (QED) is 0.577. The van der Waals surface area contributed by atoms with Gasteiger partial charge in [0.2, 0.25) is 10.0 Å². The van der Waals surface area contributed by atoms with E-state index in [1.54, 1.807) is 6.92 Å². The molecule has 0 aliphatic heterocycles. The van der Waals surface area contributed by atoms with E-state index in [1.165, 1.54) is 30.3 Å². The van der Waals surface area contributed by atoms with E-state index >= 15 is 0 Å². The molecule has 0 aliphatic carbocycles. The number of benzene rings is 2. The number of hydrogen-bond acceptors (Lipinski definition) is 6. The summed E-state index contributed by atoms with van der Waals surface area (Å²) in [6, 6.07) is 9.14. The number of nitrogens with one attached hydrogen (secondary N) is 2. The third-order valence-corrected chi connectivity index (χ3v) is 5.14. The van der Waals surface area contributed by atoms with Crippen molar-refractivity contribution in [1.29, 1.82) is 0 Å². The highest BCUT2D eigenvalue weighted by atomic mass is 32.2. The normalized spacial score (nSPS) is 11.8. The molecule has 0 atom stereocenters. The van der Waals surface area contributed by atoms with Crippen molar-refractivity contribution < 1.29 is 21.8 Å². The molecule has 2 rings (SSSR count). The van der Waals surface area contributed by atoms with Crippen LogP contribution >= 0.6 is 0 Å². The van der Waals surface area contributed by atoms with E-state index < -0.39 is 35.6 Å². The second-order valence-corrected chi connectivity index (χ2v) is 8.63. The van der Waals surface area contributed by atoms with Gasteiger partial charge in [0.05, 0.1) is 16.9 Å². The fourth-order valence-corrected chi connectivity index (χ4v) is 3.94. The molecule has 0 spiro atoms. The van der Waals surface area contributed by atoms with E-state index in [9.17, 15) is 26.9 Å². The van der Waals surface area contributed by atoms with E-state index in [1.807, 2.05) is 0 Å². The van der Waals surface area contributed by atoms with E-state index in [-0.39, 0.29) is 5.69 Å². The molecule has 0 fully saturated rings. The number of nitro groups is 1. The molecule has 0 saturated heterocycles. The van der Waals surface area contributed by atoms with Crippen LogP contribution in [0.5, 0.6) is 0 Å². The summed E-state index contributed by atoms with van der Waals surface area (Å²) in [5.74, 6) is 0. The third-order valence-electron chi connectivity index (χ3n) is 3.13. The Morgan fingerprint density at radius 1 is 1.00 bits per heavy atom. The van der Waals surface area contributed by atoms with Crippen molar-refractivity contribution >= 4 is 37.1 Å². The molecule has 0 radical (unpaired) electrons. The highest BCUT2D eigenvalue weighted by molar-refractivity contribution is 7.93. The first-order valence-corrected chi connectivity index (χ1v) is 10.2. The second kappa shape index (κ2) is 6.69. The van der Waals surface area contributed by atoms with E-state index in [4.69, 9.17) is 0 Å². The van der Waals surface area contributed by atoms with Crippen LogP contribution < -0.4 is 9.44 Å². The van der Waals surface area contributed by atoms with Crippen LogP contribution in [0.15, 0.2) is 47.4 Å². The molecule has 0 aliphatic rings. The minimum atomic E-state index is -4.18. The number of anilines is 2. The van der Waals surface area contributed by atoms with E-state index in [2.05, 4.69) is 9.44 Å². The summed E-state index contributed by atoms with van der Waals surface area (Å²) in [4.78, 5) is 9.76. The molecule has 11 heteroatoms. The van der Waals surface area contributed by atoms with Gasteiger partial charge in [0.15, 0.2) is 4.90 Å². The molecule has 134 valence electrons. The number of rotatable bonds is 6. The number of nitro benzene ring substituents is 1. The molecule has 2 N–H and O–H groups in total. The fraction of sp³-hybridized carbons (Fsp3) is 0.143. The van der Waals surface area contributed by atoms with Crippen LogP contribution in [-0.4, -0.2) is 28.0 Å². The molecule has 0 heterocycles. The lowest BCUT2D eigenvalue weighted by Crippen LogP contribution is -2.15. The number of nitrogens with zero attached hydrogens (tertiary/aromatic N) is 1. The maximum atomic E-state index is 12.4. The van der Waals surface area contributed by atoms with Crippen LogP contribution in [0.3, 0.4) is 0 Å². The van der Waals surface area contributed by atoms with Crippen molar-refractivity contribution in [3.8, 4) is 0 Å². The molecule has 0 amide bonds. The van der Waals surface area contributed by atoms with Crippen molar-refractivity contribution in [2.75, 3.05) is 15.7 Å². The molecule has 0 bridgehead atoms. The Hall–Kier alpha value is -2.66. The summed E-state index contributed by atoms with van der Waals surface area (Å²) in [5, 5.41) is 11.0. The van der Waals surface area contributed by atoms with Crippen LogP contribution in [0.1, 0.15) is 5.56 Å². The lowest BCUT2D eigenvalue weighted by Gasteiger charge is -2.12. The van der Waals surface area contributed by atoms with Crippen LogP contribution in [0.25, 0.3) is 0 Å². The van der Waals surface area contributed by atoms with Gasteiger partial charge in [-0.2, -0.15) is 0 Å². The SMILES string of the molecule is Cc1cc(NS(=O)(=O)c2ccccc2[N+](=O)[O-])ccc1NS(C)(=O)=O. The fourth-order valence-electron chi connectivity index (χ4n) is 2.09. The Labute approximate surface area is 144 Å². The average Bonchev–Trinajstić information content (AvgIpc) is 2.48. The van der Waals surface area contributed by atoms with Gasteiger partial charge in [-0.25, -0.2) is 16.8 Å². The van der Waals surface area contributed by atoms with Crippen molar-refractivity contribution in [2.24, 2.45) is 0 Å². The summed E-state index contributed by atoms with van der Waals surface area (Å²) in [5.41, 5.74) is 0.390. The third kappa shape index (κ3) is 4.67. The Kier molecular flexibility index (Phi) is 4.99. The second-order valence-electron chi connectivity index (χ2n) is 5.23. The standard InChI is InChI=1S/C14H15N3O6S2/c1-10-9-11(7-8-12(10)16-24(2,20)21)15-25(22,23)14-6-4-3-5-13(14)17(18)19/h3-9,15-16H,1-2H3. The Bertz CT molecular complexity index is 1030. The molecule has 0 saturated carbocycles. The van der Waals surface area contributed by atoms with Crippen molar-refractivity contribution in [1.82, 2.24) is 0 Å². The van der Waals surface area contributed by atoms with E-state index in [0.717, 1.165) is 18.4 Å². The lowest BCUT2D eigenvalue weighted by molar-refractivity contribution is -0.387. The number of aryl methyl sites for hydroxylation is 1. The summed E-state index contributed by atoms with van der Waals surface area (Å²) < 4.78 is 51.9. The molecule has 9 nitrogen and oxygen atoms in total. The van der Waals surface area contributed by atoms with Crippen LogP contribution in [-0.2, 0) is 20.0 Å². The molecule has 0 aromatic heterocycles. The van der Waals surface area contributed by atoms with Crippen molar-refractivity contribution in [3.63, 3.8) is 0 Å². The maximum absolute atomic E-state index is 12.4. The van der Waals surface area contributed by atoms with E-state index in [0.29, 0.717) is 11.3 Å². The predicted octanol–water partition coefficient (Wildman–Crippen LogP) is 2.08. The maximum Gasteiger partial charge on any atom is 0.289 e. The van der Waals surface area contributed by atoms with Crippen molar-refractivity contribution in [3.05, 3.63) is 58.1 Å². The Morgan fingerprint density at radius 3 is 2.20 bits per heavy atom. The van der Waals surface area contributed by atoms with Crippen LogP contribution in [0.2, 0.25) is 0 Å². The van der Waals surface area contributed by atoms with Gasteiger partial charge in [0, 0.05) is 11.8 Å². The smallest absolute Gasteiger partial charge is 0.284 e. The van der Waals surface area contributed by atoms with Gasteiger partial charge in [-0.05, 0) is 36.8 Å². The average molecular weight is 385 g/mol. The molecule has 2 aromatic carbocycles. The number of para-hydroxylation sites is 1. The topological polar surface area (TPSA) is 135 Å². The summed E-state index contributed by atoms with van der Waals surface area (Å²) >= 11 is 0. The molecular formula is C14H15N3O6S2. The molecular weight excluding hydrogens is 370 g/mol. The zero-order valence-electron chi connectivity index (χ0n) is 13.3. The zero-order valence-corrected chi connectivity index (χ0v) is 14.9. The summed E-state index contributed by atoms with van der Waals surface area (Å²) in [6.45, 7) is 1.59. The summed E-state index contributed by atoms with van der Waals surface area (Å²) in [6.07, 6.45) is 0.998.